The van der Waals surface area contributed by atoms with Gasteiger partial charge < -0.3 is 0 Å². The summed E-state index contributed by atoms with van der Waals surface area (Å²) in [4.78, 5) is 2.57. The number of allylic oxidation sites excluding steroid dienone is 2. The van der Waals surface area contributed by atoms with Crippen molar-refractivity contribution < 1.29 is 26.8 Å². The van der Waals surface area contributed by atoms with E-state index in [0.717, 1.165) is 4.47 Å². The van der Waals surface area contributed by atoms with Crippen LogP contribution in [0.25, 0.3) is 12.2 Å². The first-order chi connectivity index (χ1) is 18.1. The molecule has 4 aromatic rings. The Bertz CT molecular complexity index is 1590. The second-order valence-corrected chi connectivity index (χ2v) is 19.5. The number of halogens is 1. The molecule has 0 saturated carbocycles. The van der Waals surface area contributed by atoms with Crippen LogP contribution in [0.1, 0.15) is 45.2 Å². The molecule has 0 fully saturated rings. The molecule has 6 bridgehead atoms. The Morgan fingerprint density at radius 1 is 0.703 bits per heavy atom. The van der Waals surface area contributed by atoms with E-state index in [1.165, 1.54) is 49.7 Å². The molecule has 4 aromatic carbocycles. The zero-order valence-electron chi connectivity index (χ0n) is 20.6. The van der Waals surface area contributed by atoms with Crippen molar-refractivity contribution in [3.8, 4) is 0 Å². The normalized spacial score (nSPS) is 19.1. The molecule has 182 valence electrons. The molecule has 2 heterocycles. The van der Waals surface area contributed by atoms with Crippen molar-refractivity contribution in [1.82, 2.24) is 0 Å². The van der Waals surface area contributed by atoms with E-state index in [1.807, 2.05) is 26.0 Å². The Hall–Kier alpha value is -2.01. The molecule has 0 saturated heterocycles. The third-order valence-electron chi connectivity index (χ3n) is 7.93. The van der Waals surface area contributed by atoms with Gasteiger partial charge in [0.1, 0.15) is 0 Å². The Balaban J connectivity index is 1.48. The van der Waals surface area contributed by atoms with E-state index in [2.05, 4.69) is 119 Å². The van der Waals surface area contributed by atoms with Crippen molar-refractivity contribution in [2.24, 2.45) is 0 Å². The molecular weight excluding hydrogens is 620 g/mol. The molecule has 4 aliphatic rings. The van der Waals surface area contributed by atoms with Crippen LogP contribution < -0.4 is 0 Å². The Kier molecular flexibility index (Phi) is 6.06. The molecule has 2 unspecified atom stereocenters. The monoisotopic (exact) mass is 642 g/mol. The molecule has 2 nitrogen and oxygen atoms in total. The first-order valence-corrected chi connectivity index (χ1v) is 18.5. The third kappa shape index (κ3) is 3.62. The van der Waals surface area contributed by atoms with Crippen molar-refractivity contribution in [1.29, 1.82) is 0 Å². The minimum atomic E-state index is -4.14. The van der Waals surface area contributed by atoms with Crippen molar-refractivity contribution in [2.45, 2.75) is 21.6 Å². The molecule has 2 aliphatic heterocycles. The number of benzene rings is 4. The molecule has 37 heavy (non-hydrogen) atoms. The van der Waals surface area contributed by atoms with Crippen LogP contribution in [-0.2, 0) is 26.8 Å². The van der Waals surface area contributed by atoms with Gasteiger partial charge in [-0.2, -0.15) is 0 Å². The van der Waals surface area contributed by atoms with Crippen molar-refractivity contribution >= 4 is 39.8 Å². The van der Waals surface area contributed by atoms with Crippen LogP contribution in [0.5, 0.6) is 0 Å². The summed E-state index contributed by atoms with van der Waals surface area (Å²) in [7, 11) is 3.73. The number of hydrogen-bond donors (Lipinski definition) is 0. The zero-order valence-corrected chi connectivity index (χ0v) is 25.4. The molecule has 0 amide bonds. The summed E-state index contributed by atoms with van der Waals surface area (Å²) < 4.78 is 17.2. The van der Waals surface area contributed by atoms with E-state index < -0.39 is 21.1 Å². The molecule has 8 rings (SSSR count). The summed E-state index contributed by atoms with van der Waals surface area (Å²) in [5.41, 5.74) is 7.78. The zero-order chi connectivity index (χ0) is 25.1. The molecule has 5 heteroatoms. The maximum atomic E-state index is 6.75. The molecule has 0 aromatic heterocycles. The minimum absolute atomic E-state index is 0.0804. The van der Waals surface area contributed by atoms with Gasteiger partial charge in [0.2, 0.25) is 0 Å². The van der Waals surface area contributed by atoms with E-state index in [1.54, 1.807) is 0 Å². The molecule has 2 atom stereocenters. The predicted molar refractivity (Wildman–Crippen MR) is 151 cm³/mol. The van der Waals surface area contributed by atoms with Gasteiger partial charge >= 0.3 is 238 Å². The van der Waals surface area contributed by atoms with Gasteiger partial charge in [-0.05, 0) is 0 Å². The van der Waals surface area contributed by atoms with E-state index in [0.29, 0.717) is 0 Å². The van der Waals surface area contributed by atoms with Crippen LogP contribution in [0.4, 0.5) is 0 Å². The SMILES string of the molecule is C[O][Zr]([O]C)([C]1=Cc2c3cccc2C1c1ccc(cc1)S3)[C]1=Cc2cccc(Br)c2C1c1ccccc1. The topological polar surface area (TPSA) is 18.5 Å². The number of hydrogen-bond acceptors (Lipinski definition) is 3. The van der Waals surface area contributed by atoms with Crippen LogP contribution in [0.3, 0.4) is 0 Å². The number of fused-ring (bicyclic) bond motifs is 3. The van der Waals surface area contributed by atoms with Gasteiger partial charge in [-0.1, -0.05) is 0 Å². The predicted octanol–water partition coefficient (Wildman–Crippen LogP) is 8.86. The molecule has 0 spiro atoms. The average Bonchev–Trinajstić information content (AvgIpc) is 3.53. The van der Waals surface area contributed by atoms with Gasteiger partial charge in [0.25, 0.3) is 0 Å². The summed E-state index contributed by atoms with van der Waals surface area (Å²) in [5.74, 6) is 0.208. The fraction of sp³-hybridized carbons (Fsp3) is 0.125. The van der Waals surface area contributed by atoms with Gasteiger partial charge in [0.15, 0.2) is 0 Å². The van der Waals surface area contributed by atoms with E-state index in [-0.39, 0.29) is 11.8 Å². The fourth-order valence-corrected chi connectivity index (χ4v) is 16.6. The maximum absolute atomic E-state index is 6.75. The fourth-order valence-electron chi connectivity index (χ4n) is 6.35. The standard InChI is InChI=1S/C15H10Br.C15H9S.2CH3O.Zr/c16-14-8-4-7-12-9-10-13(15(12)14)11-5-2-1-3-6-11;1-2-13-12-8-9-14(13)15(3-1)16-11-6-4-10(12)5-7-11;2*1-2;/h1-9,13H;1-7,9,12H;2*1H3;/q;;2*-1;+2. The summed E-state index contributed by atoms with van der Waals surface area (Å²) in [6.45, 7) is 0. The van der Waals surface area contributed by atoms with Crippen molar-refractivity contribution in [2.75, 3.05) is 14.2 Å². The van der Waals surface area contributed by atoms with Crippen molar-refractivity contribution in [3.63, 3.8) is 0 Å². The summed E-state index contributed by atoms with van der Waals surface area (Å²) >= 11 is 1.58. The van der Waals surface area contributed by atoms with Gasteiger partial charge in [-0.3, -0.25) is 0 Å². The first-order valence-electron chi connectivity index (χ1n) is 12.4. The second-order valence-electron chi connectivity index (χ2n) is 9.67. The second kappa shape index (κ2) is 9.33. The molecular formula is C32H25BrO2SZr. The van der Waals surface area contributed by atoms with Crippen molar-refractivity contribution in [3.05, 3.63) is 135 Å². The van der Waals surface area contributed by atoms with Gasteiger partial charge in [0.05, 0.1) is 0 Å². The summed E-state index contributed by atoms with van der Waals surface area (Å²) in [6, 6.07) is 33.1. The summed E-state index contributed by atoms with van der Waals surface area (Å²) in [6.07, 6.45) is 4.79. The van der Waals surface area contributed by atoms with Gasteiger partial charge in [0, 0.05) is 0 Å². The summed E-state index contributed by atoms with van der Waals surface area (Å²) in [5, 5.41) is 0. The van der Waals surface area contributed by atoms with Crippen LogP contribution in [0.2, 0.25) is 0 Å². The Labute approximate surface area is 236 Å². The van der Waals surface area contributed by atoms with E-state index in [9.17, 15) is 0 Å². The van der Waals surface area contributed by atoms with Gasteiger partial charge in [-0.15, -0.1) is 0 Å². The van der Waals surface area contributed by atoms with E-state index in [4.69, 9.17) is 5.63 Å². The third-order valence-corrected chi connectivity index (χ3v) is 18.4. The molecule has 2 aliphatic carbocycles. The molecule has 0 N–H and O–H groups in total. The molecule has 0 radical (unpaired) electrons. The Morgan fingerprint density at radius 2 is 1.41 bits per heavy atom. The quantitative estimate of drug-likeness (QED) is 0.216. The van der Waals surface area contributed by atoms with Gasteiger partial charge in [-0.25, -0.2) is 0 Å². The van der Waals surface area contributed by atoms with Crippen LogP contribution in [0, 0.1) is 0 Å². The van der Waals surface area contributed by atoms with E-state index >= 15 is 0 Å². The van der Waals surface area contributed by atoms with Crippen LogP contribution in [0.15, 0.2) is 112 Å². The van der Waals surface area contributed by atoms with Crippen LogP contribution in [-0.4, -0.2) is 14.2 Å². The Morgan fingerprint density at radius 3 is 2.16 bits per heavy atom. The van der Waals surface area contributed by atoms with Crippen LogP contribution >= 0.6 is 27.7 Å². The average molecular weight is 645 g/mol. The first kappa shape index (κ1) is 24.1. The number of rotatable bonds is 5.